The number of aryl methyl sites for hydroxylation is 2. The van der Waals surface area contributed by atoms with Crippen LogP contribution in [0.2, 0.25) is 0 Å². The van der Waals surface area contributed by atoms with Crippen molar-refractivity contribution in [1.82, 2.24) is 9.97 Å². The highest BCUT2D eigenvalue weighted by atomic mass is 79.9. The molecule has 3 rings (SSSR count). The largest absolute Gasteiger partial charge is 0.508 e. The van der Waals surface area contributed by atoms with Crippen LogP contribution in [0.25, 0.3) is 11.4 Å². The molecule has 3 N–H and O–H groups in total. The molecule has 144 valence electrons. The molecular formula is C20H18Br2N4O2. The number of anilines is 1. The number of phenolic OH excluding ortho intramolecular Hbond substituents is 2. The summed E-state index contributed by atoms with van der Waals surface area (Å²) in [6, 6.07) is 10.6. The van der Waals surface area contributed by atoms with Crippen LogP contribution in [-0.4, -0.2) is 25.9 Å². The molecule has 2 aromatic carbocycles. The Balaban J connectivity index is 1.93. The summed E-state index contributed by atoms with van der Waals surface area (Å²) in [7, 11) is 0. The molecule has 8 heteroatoms. The van der Waals surface area contributed by atoms with Crippen molar-refractivity contribution in [2.75, 3.05) is 5.43 Å². The minimum atomic E-state index is 0.0685. The number of hydrogen-bond acceptors (Lipinski definition) is 6. The van der Waals surface area contributed by atoms with Gasteiger partial charge in [0.15, 0.2) is 11.6 Å². The number of hydrazone groups is 1. The number of phenols is 2. The van der Waals surface area contributed by atoms with Crippen LogP contribution in [0.5, 0.6) is 11.5 Å². The molecule has 0 aliphatic heterocycles. The molecule has 6 nitrogen and oxygen atoms in total. The second kappa shape index (κ2) is 8.28. The molecule has 0 bridgehead atoms. The lowest BCUT2D eigenvalue weighted by Crippen LogP contribution is -2.03. The molecular weight excluding hydrogens is 488 g/mol. The highest BCUT2D eigenvalue weighted by Gasteiger charge is 2.13. The first-order chi connectivity index (χ1) is 13.2. The number of hydrogen-bond donors (Lipinski definition) is 3. The first kappa shape index (κ1) is 20.3. The van der Waals surface area contributed by atoms with Crippen LogP contribution in [0.1, 0.15) is 23.7 Å². The third-order valence-electron chi connectivity index (χ3n) is 4.08. The number of nitrogens with one attached hydrogen (secondary N) is 1. The van der Waals surface area contributed by atoms with Crippen molar-refractivity contribution in [2.45, 2.75) is 20.8 Å². The lowest BCUT2D eigenvalue weighted by atomic mass is 10.1. The van der Waals surface area contributed by atoms with Gasteiger partial charge in [-0.05, 0) is 78.2 Å². The quantitative estimate of drug-likeness (QED) is 0.320. The monoisotopic (exact) mass is 504 g/mol. The smallest absolute Gasteiger partial charge is 0.165 e. The molecule has 28 heavy (non-hydrogen) atoms. The van der Waals surface area contributed by atoms with Gasteiger partial charge in [0.25, 0.3) is 0 Å². The third kappa shape index (κ3) is 4.51. The number of aromatic hydroxyl groups is 2. The van der Waals surface area contributed by atoms with Gasteiger partial charge < -0.3 is 10.2 Å². The minimum absolute atomic E-state index is 0.0685. The predicted octanol–water partition coefficient (Wildman–Crippen LogP) is 5.53. The van der Waals surface area contributed by atoms with Gasteiger partial charge in [-0.1, -0.05) is 15.9 Å². The summed E-state index contributed by atoms with van der Waals surface area (Å²) < 4.78 is 1.34. The number of benzene rings is 2. The van der Waals surface area contributed by atoms with Gasteiger partial charge in [0.05, 0.1) is 15.7 Å². The molecule has 0 spiro atoms. The van der Waals surface area contributed by atoms with E-state index in [-0.39, 0.29) is 11.5 Å². The highest BCUT2D eigenvalue weighted by Crippen LogP contribution is 2.37. The number of nitrogens with zero attached hydrogens (tertiary/aromatic N) is 3. The zero-order chi connectivity index (χ0) is 20.4. The zero-order valence-corrected chi connectivity index (χ0v) is 18.6. The Labute approximate surface area is 179 Å². The average molecular weight is 506 g/mol. The van der Waals surface area contributed by atoms with Crippen molar-refractivity contribution in [3.63, 3.8) is 0 Å². The molecule has 0 saturated carbocycles. The highest BCUT2D eigenvalue weighted by molar-refractivity contribution is 9.11. The summed E-state index contributed by atoms with van der Waals surface area (Å²) in [4.78, 5) is 8.90. The number of halogens is 2. The molecule has 1 heterocycles. The van der Waals surface area contributed by atoms with E-state index in [2.05, 4.69) is 52.4 Å². The van der Waals surface area contributed by atoms with Gasteiger partial charge in [0, 0.05) is 16.2 Å². The van der Waals surface area contributed by atoms with Gasteiger partial charge in [0.2, 0.25) is 0 Å². The van der Waals surface area contributed by atoms with Gasteiger partial charge in [0.1, 0.15) is 11.5 Å². The maximum Gasteiger partial charge on any atom is 0.165 e. The summed E-state index contributed by atoms with van der Waals surface area (Å²) in [5, 5.41) is 24.4. The summed E-state index contributed by atoms with van der Waals surface area (Å²) in [6.07, 6.45) is 0. The molecule has 3 aromatic rings. The van der Waals surface area contributed by atoms with Crippen LogP contribution in [0, 0.1) is 13.8 Å². The standard InChI is InChI=1S/C20H18Br2N4O2/c1-10-6-13(4-5-17(10)27)12(3)25-26-18-7-11(2)23-20(24-18)15-8-14(21)9-16(22)19(15)28/h4-9,27-28H,1-3H3,(H,23,24,26)/b25-12+. The van der Waals surface area contributed by atoms with Crippen LogP contribution in [0.15, 0.2) is 50.4 Å². The third-order valence-corrected chi connectivity index (χ3v) is 5.14. The Morgan fingerprint density at radius 1 is 1.04 bits per heavy atom. The first-order valence-electron chi connectivity index (χ1n) is 8.39. The van der Waals surface area contributed by atoms with Crippen molar-refractivity contribution in [2.24, 2.45) is 5.10 Å². The summed E-state index contributed by atoms with van der Waals surface area (Å²) in [6.45, 7) is 5.55. The lowest BCUT2D eigenvalue weighted by Gasteiger charge is -2.10. The lowest BCUT2D eigenvalue weighted by molar-refractivity contribution is 0.471. The molecule has 0 unspecified atom stereocenters. The van der Waals surface area contributed by atoms with Crippen molar-refractivity contribution < 1.29 is 10.2 Å². The molecule has 0 aliphatic rings. The van der Waals surface area contributed by atoms with Crippen molar-refractivity contribution in [3.05, 3.63) is 62.2 Å². The fraction of sp³-hybridized carbons (Fsp3) is 0.150. The van der Waals surface area contributed by atoms with E-state index in [4.69, 9.17) is 0 Å². The Morgan fingerprint density at radius 2 is 1.79 bits per heavy atom. The van der Waals surface area contributed by atoms with Gasteiger partial charge >= 0.3 is 0 Å². The van der Waals surface area contributed by atoms with Gasteiger partial charge in [-0.25, -0.2) is 9.97 Å². The van der Waals surface area contributed by atoms with Gasteiger partial charge in [-0.3, -0.25) is 5.43 Å². The second-order valence-electron chi connectivity index (χ2n) is 6.31. The Kier molecular flexibility index (Phi) is 6.00. The number of rotatable bonds is 4. The molecule has 0 fully saturated rings. The van der Waals surface area contributed by atoms with E-state index < -0.39 is 0 Å². The fourth-order valence-electron chi connectivity index (χ4n) is 2.57. The van der Waals surface area contributed by atoms with E-state index in [9.17, 15) is 10.2 Å². The van der Waals surface area contributed by atoms with Gasteiger partial charge in [-0.2, -0.15) is 5.10 Å². The van der Waals surface area contributed by atoms with E-state index in [0.717, 1.165) is 27.0 Å². The second-order valence-corrected chi connectivity index (χ2v) is 8.08. The topological polar surface area (TPSA) is 90.6 Å². The van der Waals surface area contributed by atoms with Crippen LogP contribution in [-0.2, 0) is 0 Å². The summed E-state index contributed by atoms with van der Waals surface area (Å²) in [5.41, 5.74) is 6.60. The summed E-state index contributed by atoms with van der Waals surface area (Å²) >= 11 is 6.74. The first-order valence-corrected chi connectivity index (χ1v) is 9.97. The van der Waals surface area contributed by atoms with Crippen LogP contribution in [0.4, 0.5) is 5.82 Å². The van der Waals surface area contributed by atoms with E-state index >= 15 is 0 Å². The van der Waals surface area contributed by atoms with Crippen molar-refractivity contribution >= 4 is 43.4 Å². The van der Waals surface area contributed by atoms with Crippen LogP contribution >= 0.6 is 31.9 Å². The van der Waals surface area contributed by atoms with E-state index in [1.54, 1.807) is 30.3 Å². The van der Waals surface area contributed by atoms with Crippen molar-refractivity contribution in [3.8, 4) is 22.9 Å². The van der Waals surface area contributed by atoms with Crippen molar-refractivity contribution in [1.29, 1.82) is 0 Å². The van der Waals surface area contributed by atoms with Gasteiger partial charge in [-0.15, -0.1) is 0 Å². The maximum atomic E-state index is 10.4. The van der Waals surface area contributed by atoms with Crippen LogP contribution in [0.3, 0.4) is 0 Å². The molecule has 0 aliphatic carbocycles. The Hall–Kier alpha value is -2.45. The Morgan fingerprint density at radius 3 is 2.50 bits per heavy atom. The summed E-state index contributed by atoms with van der Waals surface area (Å²) in [5.74, 6) is 1.21. The van der Waals surface area contributed by atoms with E-state index in [0.29, 0.717) is 21.7 Å². The molecule has 0 atom stereocenters. The molecule has 0 amide bonds. The SMILES string of the molecule is C/C(=N\Nc1cc(C)nc(-c2cc(Br)cc(Br)c2O)n1)c1ccc(O)c(C)c1. The van der Waals surface area contributed by atoms with Crippen LogP contribution < -0.4 is 5.43 Å². The average Bonchev–Trinajstić information content (AvgIpc) is 2.64. The minimum Gasteiger partial charge on any atom is -0.508 e. The van der Waals surface area contributed by atoms with E-state index in [1.165, 1.54) is 0 Å². The molecule has 0 saturated heterocycles. The normalized spacial score (nSPS) is 11.5. The number of aromatic nitrogens is 2. The predicted molar refractivity (Wildman–Crippen MR) is 118 cm³/mol. The fourth-order valence-corrected chi connectivity index (χ4v) is 3.79. The maximum absolute atomic E-state index is 10.4. The molecule has 0 radical (unpaired) electrons. The Bertz CT molecular complexity index is 1080. The van der Waals surface area contributed by atoms with E-state index in [1.807, 2.05) is 26.8 Å². The molecule has 1 aromatic heterocycles. The zero-order valence-electron chi connectivity index (χ0n) is 15.5.